The number of rotatable bonds is 7. The number of hydrogen-bond acceptors (Lipinski definition) is 7. The zero-order chi connectivity index (χ0) is 20.3. The van der Waals surface area contributed by atoms with Crippen LogP contribution in [0.3, 0.4) is 0 Å². The molecule has 0 amide bonds. The summed E-state index contributed by atoms with van der Waals surface area (Å²) in [4.78, 5) is 15.1. The molecule has 8 nitrogen and oxygen atoms in total. The zero-order valence-corrected chi connectivity index (χ0v) is 16.9. The molecule has 9 heteroatoms. The van der Waals surface area contributed by atoms with Gasteiger partial charge in [-0.05, 0) is 36.3 Å². The Morgan fingerprint density at radius 3 is 2.75 bits per heavy atom. The molecular formula is C19H24N4O4S. The molecule has 0 saturated carbocycles. The molecule has 1 aliphatic heterocycles. The van der Waals surface area contributed by atoms with Gasteiger partial charge in [0.05, 0.1) is 26.0 Å². The molecular weight excluding hydrogens is 380 g/mol. The average molecular weight is 404 g/mol. The number of H-pyrrole nitrogens is 1. The fourth-order valence-corrected chi connectivity index (χ4v) is 3.47. The van der Waals surface area contributed by atoms with Gasteiger partial charge in [-0.2, -0.15) is 5.10 Å². The monoisotopic (exact) mass is 404 g/mol. The number of hydrazone groups is 1. The molecule has 1 atom stereocenters. The first-order valence-electron chi connectivity index (χ1n) is 9.10. The van der Waals surface area contributed by atoms with Gasteiger partial charge in [-0.1, -0.05) is 19.4 Å². The Kier molecular flexibility index (Phi) is 6.03. The van der Waals surface area contributed by atoms with Crippen molar-refractivity contribution in [2.24, 2.45) is 5.10 Å². The summed E-state index contributed by atoms with van der Waals surface area (Å²) in [7, 11) is 3.16. The van der Waals surface area contributed by atoms with Gasteiger partial charge in [-0.25, -0.2) is 0 Å². The van der Waals surface area contributed by atoms with Gasteiger partial charge in [0, 0.05) is 13.0 Å². The number of aromatic hydroxyl groups is 1. The minimum Gasteiger partial charge on any atom is -0.494 e. The lowest BCUT2D eigenvalue weighted by molar-refractivity contribution is 0.354. The van der Waals surface area contributed by atoms with Crippen LogP contribution in [0.15, 0.2) is 28.1 Å². The van der Waals surface area contributed by atoms with Crippen molar-refractivity contribution in [3.05, 3.63) is 44.5 Å². The van der Waals surface area contributed by atoms with Crippen LogP contribution in [-0.2, 0) is 6.54 Å². The van der Waals surface area contributed by atoms with Crippen molar-refractivity contribution in [3.63, 3.8) is 0 Å². The van der Waals surface area contributed by atoms with Crippen LogP contribution in [0.5, 0.6) is 17.4 Å². The molecule has 0 fully saturated rings. The molecule has 28 heavy (non-hydrogen) atoms. The van der Waals surface area contributed by atoms with E-state index in [0.29, 0.717) is 30.2 Å². The molecule has 2 aromatic rings. The number of hydrogen-bond donors (Lipinski definition) is 3. The minimum absolute atomic E-state index is 0.143. The molecule has 150 valence electrons. The lowest BCUT2D eigenvalue weighted by atomic mass is 9.99. The smallest absolute Gasteiger partial charge is 0.264 e. The highest BCUT2D eigenvalue weighted by Crippen LogP contribution is 2.33. The van der Waals surface area contributed by atoms with E-state index in [4.69, 9.17) is 21.7 Å². The number of benzene rings is 1. The average Bonchev–Trinajstić information content (AvgIpc) is 3.16. The highest BCUT2D eigenvalue weighted by Gasteiger charge is 2.27. The highest BCUT2D eigenvalue weighted by molar-refractivity contribution is 7.71. The van der Waals surface area contributed by atoms with Gasteiger partial charge in [0.15, 0.2) is 16.3 Å². The fourth-order valence-electron chi connectivity index (χ4n) is 3.20. The summed E-state index contributed by atoms with van der Waals surface area (Å²) in [6, 6.07) is 5.45. The normalized spacial score (nSPS) is 15.8. The van der Waals surface area contributed by atoms with Crippen molar-refractivity contribution in [1.29, 1.82) is 0 Å². The number of unbranched alkanes of at least 4 members (excludes halogenated alkanes) is 1. The minimum atomic E-state index is -0.441. The van der Waals surface area contributed by atoms with Crippen LogP contribution < -0.4 is 20.5 Å². The van der Waals surface area contributed by atoms with E-state index in [-0.39, 0.29) is 22.3 Å². The van der Waals surface area contributed by atoms with Crippen molar-refractivity contribution in [2.75, 3.05) is 14.2 Å². The van der Waals surface area contributed by atoms with E-state index >= 15 is 0 Å². The Morgan fingerprint density at radius 1 is 1.32 bits per heavy atom. The van der Waals surface area contributed by atoms with E-state index in [0.717, 1.165) is 18.4 Å². The number of nitrogens with zero attached hydrogens (tertiary/aromatic N) is 2. The van der Waals surface area contributed by atoms with Gasteiger partial charge in [0.2, 0.25) is 5.88 Å². The van der Waals surface area contributed by atoms with E-state index in [1.807, 2.05) is 25.1 Å². The Morgan fingerprint density at radius 2 is 2.07 bits per heavy atom. The van der Waals surface area contributed by atoms with E-state index in [2.05, 4.69) is 15.5 Å². The van der Waals surface area contributed by atoms with Crippen molar-refractivity contribution in [1.82, 2.24) is 15.0 Å². The Bertz CT molecular complexity index is 1010. The van der Waals surface area contributed by atoms with Crippen molar-refractivity contribution >= 4 is 17.9 Å². The molecule has 3 rings (SSSR count). The van der Waals surface area contributed by atoms with Gasteiger partial charge >= 0.3 is 0 Å². The third kappa shape index (κ3) is 3.75. The molecule has 0 unspecified atom stereocenters. The molecule has 0 aliphatic carbocycles. The Hall–Kier alpha value is -2.81. The quantitative estimate of drug-likeness (QED) is 0.614. The summed E-state index contributed by atoms with van der Waals surface area (Å²) in [5.74, 6) is 1.11. The molecule has 1 aromatic carbocycles. The van der Waals surface area contributed by atoms with E-state index in [1.54, 1.807) is 18.8 Å². The third-order valence-corrected chi connectivity index (χ3v) is 5.08. The summed E-state index contributed by atoms with van der Waals surface area (Å²) in [6.45, 7) is 2.58. The second kappa shape index (κ2) is 8.47. The van der Waals surface area contributed by atoms with E-state index in [9.17, 15) is 9.90 Å². The molecule has 0 spiro atoms. The highest BCUT2D eigenvalue weighted by atomic mass is 32.1. The predicted molar refractivity (Wildman–Crippen MR) is 109 cm³/mol. The first kappa shape index (κ1) is 19.9. The zero-order valence-electron chi connectivity index (χ0n) is 16.1. The number of nitrogens with one attached hydrogen (secondary N) is 2. The second-order valence-corrected chi connectivity index (χ2v) is 6.91. The van der Waals surface area contributed by atoms with Gasteiger partial charge in [0.25, 0.3) is 5.56 Å². The topological polar surface area (TPSA) is 101 Å². The Labute approximate surface area is 167 Å². The second-order valence-electron chi connectivity index (χ2n) is 6.52. The van der Waals surface area contributed by atoms with Crippen molar-refractivity contribution in [2.45, 2.75) is 38.8 Å². The molecule has 1 aliphatic rings. The van der Waals surface area contributed by atoms with Gasteiger partial charge < -0.3 is 20.0 Å². The van der Waals surface area contributed by atoms with Gasteiger partial charge in [0.1, 0.15) is 5.56 Å². The summed E-state index contributed by atoms with van der Waals surface area (Å²) in [5.41, 5.74) is 4.17. The maximum absolute atomic E-state index is 12.5. The number of ether oxygens (including phenoxy) is 2. The SMILES string of the molecule is CCCCn1c(O)c(C2=NN[C@@H](c3ccc(OC)c(OC)c3)C2)c(=O)[nH]c1=S. The van der Waals surface area contributed by atoms with E-state index < -0.39 is 5.56 Å². The van der Waals surface area contributed by atoms with Crippen LogP contribution in [0.4, 0.5) is 0 Å². The summed E-state index contributed by atoms with van der Waals surface area (Å²) >= 11 is 5.19. The van der Waals surface area contributed by atoms with Crippen LogP contribution in [0.25, 0.3) is 0 Å². The standard InChI is InChI=1S/C19H24N4O4S/c1-4-5-8-23-18(25)16(17(24)20-19(23)28)13-10-12(21-22-13)11-6-7-14(26-2)15(9-11)27-3/h6-7,9,12,21,25H,4-5,8,10H2,1-3H3,(H,20,24,28)/t12-/m1/s1. The van der Waals surface area contributed by atoms with Crippen LogP contribution >= 0.6 is 12.2 Å². The molecule has 0 radical (unpaired) electrons. The van der Waals surface area contributed by atoms with Crippen LogP contribution in [-0.4, -0.2) is 34.6 Å². The lowest BCUT2D eigenvalue weighted by Gasteiger charge is -2.14. The largest absolute Gasteiger partial charge is 0.494 e. The maximum Gasteiger partial charge on any atom is 0.264 e. The Balaban J connectivity index is 1.90. The predicted octanol–water partition coefficient (Wildman–Crippen LogP) is 2.87. The van der Waals surface area contributed by atoms with Crippen molar-refractivity contribution in [3.8, 4) is 17.4 Å². The maximum atomic E-state index is 12.5. The lowest BCUT2D eigenvalue weighted by Crippen LogP contribution is -2.22. The summed E-state index contributed by atoms with van der Waals surface area (Å²) in [6.07, 6.45) is 2.22. The number of aromatic nitrogens is 2. The number of aromatic amines is 1. The molecule has 3 N–H and O–H groups in total. The van der Waals surface area contributed by atoms with Crippen LogP contribution in [0.2, 0.25) is 0 Å². The fraction of sp³-hybridized carbons (Fsp3) is 0.421. The first-order chi connectivity index (χ1) is 13.5. The number of methoxy groups -OCH3 is 2. The van der Waals surface area contributed by atoms with E-state index in [1.165, 1.54) is 0 Å². The van der Waals surface area contributed by atoms with Gasteiger partial charge in [-0.15, -0.1) is 0 Å². The first-order valence-corrected chi connectivity index (χ1v) is 9.51. The van der Waals surface area contributed by atoms with Crippen molar-refractivity contribution < 1.29 is 14.6 Å². The molecule has 1 aromatic heterocycles. The third-order valence-electron chi connectivity index (χ3n) is 4.76. The molecule has 0 bridgehead atoms. The molecule has 2 heterocycles. The van der Waals surface area contributed by atoms with Gasteiger partial charge in [-0.3, -0.25) is 14.3 Å². The summed E-state index contributed by atoms with van der Waals surface area (Å²) in [5, 5.41) is 15.0. The summed E-state index contributed by atoms with van der Waals surface area (Å²) < 4.78 is 12.4. The molecule has 0 saturated heterocycles. The van der Waals surface area contributed by atoms with Crippen LogP contribution in [0.1, 0.15) is 43.4 Å². The van der Waals surface area contributed by atoms with Crippen LogP contribution in [0, 0.1) is 4.77 Å².